The monoisotopic (exact) mass is 243 g/mol. The van der Waals surface area contributed by atoms with E-state index in [0.717, 1.165) is 19.6 Å². The molecule has 1 aliphatic rings. The van der Waals surface area contributed by atoms with Gasteiger partial charge in [-0.2, -0.15) is 0 Å². The topological polar surface area (TPSA) is 49.8 Å². The zero-order valence-corrected chi connectivity index (χ0v) is 11.5. The second-order valence-corrected chi connectivity index (χ2v) is 5.31. The van der Waals surface area contributed by atoms with Gasteiger partial charge < -0.3 is 14.7 Å². The average molecular weight is 243 g/mol. The number of aliphatic hydroxyl groups is 1. The molecule has 100 valence electrons. The second-order valence-electron chi connectivity index (χ2n) is 5.31. The lowest BCUT2D eigenvalue weighted by molar-refractivity contribution is -0.177. The summed E-state index contributed by atoms with van der Waals surface area (Å²) in [5.41, 5.74) is -1.77. The molecule has 0 aromatic heterocycles. The minimum Gasteiger partial charge on any atom is -0.465 e. The Morgan fingerprint density at radius 1 is 1.35 bits per heavy atom. The summed E-state index contributed by atoms with van der Waals surface area (Å²) >= 11 is 0. The number of carbonyl (C=O) groups is 1. The van der Waals surface area contributed by atoms with Crippen molar-refractivity contribution in [3.05, 3.63) is 0 Å². The Hall–Kier alpha value is -0.610. The average Bonchev–Trinajstić information content (AvgIpc) is 2.30. The number of piperidine rings is 1. The predicted octanol–water partition coefficient (Wildman–Crippen LogP) is 1.42. The van der Waals surface area contributed by atoms with Crippen LogP contribution in [0.15, 0.2) is 0 Å². The molecule has 0 aromatic carbocycles. The Labute approximate surface area is 104 Å². The minimum absolute atomic E-state index is 0.299. The summed E-state index contributed by atoms with van der Waals surface area (Å²) in [7, 11) is 0. The highest BCUT2D eigenvalue weighted by atomic mass is 16.5. The molecule has 4 nitrogen and oxygen atoms in total. The van der Waals surface area contributed by atoms with E-state index in [-0.39, 0.29) is 5.97 Å². The van der Waals surface area contributed by atoms with Crippen LogP contribution in [0.2, 0.25) is 0 Å². The minimum atomic E-state index is -0.940. The Morgan fingerprint density at radius 3 is 2.29 bits per heavy atom. The van der Waals surface area contributed by atoms with E-state index in [1.54, 1.807) is 20.8 Å². The van der Waals surface area contributed by atoms with Crippen LogP contribution in [0.1, 0.15) is 40.5 Å². The molecule has 0 amide bonds. The predicted molar refractivity (Wildman–Crippen MR) is 66.7 cm³/mol. The van der Waals surface area contributed by atoms with E-state index in [4.69, 9.17) is 4.74 Å². The van der Waals surface area contributed by atoms with Crippen molar-refractivity contribution in [2.45, 2.75) is 46.1 Å². The lowest BCUT2D eigenvalue weighted by Crippen LogP contribution is -2.56. The second kappa shape index (κ2) is 5.36. The smallest absolute Gasteiger partial charge is 0.314 e. The molecule has 1 heterocycles. The number of ether oxygens (including phenoxy) is 1. The molecule has 1 rings (SSSR count). The first-order valence-corrected chi connectivity index (χ1v) is 6.49. The van der Waals surface area contributed by atoms with Gasteiger partial charge in [-0.15, -0.1) is 0 Å². The zero-order chi connectivity index (χ0) is 13.1. The molecule has 0 aromatic rings. The Balaban J connectivity index is 2.73. The molecule has 1 fully saturated rings. The van der Waals surface area contributed by atoms with Crippen molar-refractivity contribution in [2.24, 2.45) is 5.41 Å². The molecule has 0 unspecified atom stereocenters. The van der Waals surface area contributed by atoms with Crippen molar-refractivity contribution >= 4 is 5.97 Å². The number of hydrogen-bond acceptors (Lipinski definition) is 4. The molecule has 4 heteroatoms. The van der Waals surface area contributed by atoms with Gasteiger partial charge >= 0.3 is 5.97 Å². The highest BCUT2D eigenvalue weighted by Crippen LogP contribution is 2.40. The maximum atomic E-state index is 11.9. The van der Waals surface area contributed by atoms with E-state index < -0.39 is 11.0 Å². The lowest BCUT2D eigenvalue weighted by atomic mass is 9.69. The third-order valence-electron chi connectivity index (χ3n) is 4.08. The number of nitrogens with zero attached hydrogens (tertiary/aromatic N) is 1. The maximum Gasteiger partial charge on any atom is 0.314 e. The van der Waals surface area contributed by atoms with Crippen molar-refractivity contribution in [3.8, 4) is 0 Å². The Kier molecular flexibility index (Phi) is 4.55. The van der Waals surface area contributed by atoms with Crippen LogP contribution in [0.3, 0.4) is 0 Å². The molecule has 17 heavy (non-hydrogen) atoms. The fourth-order valence-corrected chi connectivity index (χ4v) is 2.37. The van der Waals surface area contributed by atoms with Gasteiger partial charge in [0, 0.05) is 13.1 Å². The van der Waals surface area contributed by atoms with Crippen LogP contribution < -0.4 is 0 Å². The van der Waals surface area contributed by atoms with Gasteiger partial charge in [-0.1, -0.05) is 6.92 Å². The molecule has 1 aliphatic heterocycles. The van der Waals surface area contributed by atoms with Gasteiger partial charge in [0.15, 0.2) is 0 Å². The lowest BCUT2D eigenvalue weighted by Gasteiger charge is -2.45. The first kappa shape index (κ1) is 14.5. The van der Waals surface area contributed by atoms with Crippen molar-refractivity contribution in [1.82, 2.24) is 4.90 Å². The molecule has 1 N–H and O–H groups in total. The summed E-state index contributed by atoms with van der Waals surface area (Å²) in [5, 5.41) is 10.7. The first-order valence-electron chi connectivity index (χ1n) is 6.49. The number of rotatable bonds is 4. The molecule has 1 saturated heterocycles. The van der Waals surface area contributed by atoms with Gasteiger partial charge in [0.1, 0.15) is 0 Å². The van der Waals surface area contributed by atoms with Crippen molar-refractivity contribution in [1.29, 1.82) is 0 Å². The molecule has 0 bridgehead atoms. The third kappa shape index (κ3) is 2.80. The van der Waals surface area contributed by atoms with E-state index >= 15 is 0 Å². The van der Waals surface area contributed by atoms with Crippen molar-refractivity contribution in [3.63, 3.8) is 0 Å². The van der Waals surface area contributed by atoms with Gasteiger partial charge in [0.2, 0.25) is 0 Å². The number of likely N-dealkylation sites (tertiary alicyclic amines) is 1. The first-order chi connectivity index (χ1) is 7.87. The molecule has 0 spiro atoms. The quantitative estimate of drug-likeness (QED) is 0.759. The highest BCUT2D eigenvalue weighted by molar-refractivity contribution is 5.77. The Bertz CT molecular complexity index is 268. The summed E-state index contributed by atoms with van der Waals surface area (Å²) in [6, 6.07) is 0. The van der Waals surface area contributed by atoms with Gasteiger partial charge in [-0.05, 0) is 40.2 Å². The van der Waals surface area contributed by atoms with Gasteiger partial charge in [-0.25, -0.2) is 0 Å². The number of esters is 1. The van der Waals surface area contributed by atoms with E-state index in [2.05, 4.69) is 11.8 Å². The fourth-order valence-electron chi connectivity index (χ4n) is 2.37. The SMILES string of the molecule is CCOC(=O)C(C)(C)C1(O)CCN(CC)CC1. The van der Waals surface area contributed by atoms with Gasteiger partial charge in [0.25, 0.3) is 0 Å². The molecular weight excluding hydrogens is 218 g/mol. The number of carbonyl (C=O) groups excluding carboxylic acids is 1. The van der Waals surface area contributed by atoms with Crippen LogP contribution in [0, 0.1) is 5.41 Å². The van der Waals surface area contributed by atoms with E-state index in [9.17, 15) is 9.90 Å². The summed E-state index contributed by atoms with van der Waals surface area (Å²) in [5.74, 6) is -0.299. The zero-order valence-electron chi connectivity index (χ0n) is 11.5. The van der Waals surface area contributed by atoms with Crippen LogP contribution >= 0.6 is 0 Å². The standard InChI is InChI=1S/C13H25NO3/c1-5-14-9-7-13(16,8-10-14)12(3,4)11(15)17-6-2/h16H,5-10H2,1-4H3. The normalized spacial score (nSPS) is 21.2. The van der Waals surface area contributed by atoms with Crippen LogP contribution in [0.4, 0.5) is 0 Å². The number of hydrogen-bond donors (Lipinski definition) is 1. The third-order valence-corrected chi connectivity index (χ3v) is 4.08. The summed E-state index contributed by atoms with van der Waals surface area (Å²) in [4.78, 5) is 14.2. The maximum absolute atomic E-state index is 11.9. The van der Waals surface area contributed by atoms with Crippen LogP contribution in [0.5, 0.6) is 0 Å². The molecule has 0 atom stereocenters. The van der Waals surface area contributed by atoms with Gasteiger partial charge in [0.05, 0.1) is 17.6 Å². The largest absolute Gasteiger partial charge is 0.465 e. The van der Waals surface area contributed by atoms with E-state index in [1.807, 2.05) is 0 Å². The van der Waals surface area contributed by atoms with Crippen LogP contribution in [-0.2, 0) is 9.53 Å². The van der Waals surface area contributed by atoms with E-state index in [1.165, 1.54) is 0 Å². The van der Waals surface area contributed by atoms with E-state index in [0.29, 0.717) is 19.4 Å². The fraction of sp³-hybridized carbons (Fsp3) is 0.923. The summed E-state index contributed by atoms with van der Waals surface area (Å²) < 4.78 is 5.07. The van der Waals surface area contributed by atoms with Crippen molar-refractivity contribution in [2.75, 3.05) is 26.2 Å². The molecule has 0 radical (unpaired) electrons. The molecular formula is C13H25NO3. The molecule has 0 aliphatic carbocycles. The molecule has 0 saturated carbocycles. The highest BCUT2D eigenvalue weighted by Gasteiger charge is 2.50. The summed E-state index contributed by atoms with van der Waals surface area (Å²) in [6.45, 7) is 10.5. The van der Waals surface area contributed by atoms with Crippen LogP contribution in [0.25, 0.3) is 0 Å². The summed E-state index contributed by atoms with van der Waals surface area (Å²) in [6.07, 6.45) is 1.26. The van der Waals surface area contributed by atoms with Crippen LogP contribution in [-0.4, -0.2) is 47.8 Å². The Morgan fingerprint density at radius 2 is 1.88 bits per heavy atom. The van der Waals surface area contributed by atoms with Crippen molar-refractivity contribution < 1.29 is 14.6 Å². The van der Waals surface area contributed by atoms with Gasteiger partial charge in [-0.3, -0.25) is 4.79 Å².